The molecule has 0 atom stereocenters. The van der Waals surface area contributed by atoms with E-state index in [0.29, 0.717) is 35.1 Å². The van der Waals surface area contributed by atoms with Gasteiger partial charge in [-0.05, 0) is 73.0 Å². The molecule has 3 heteroatoms. The molecule has 3 aromatic carbocycles. The van der Waals surface area contributed by atoms with Crippen LogP contribution in [0.15, 0.2) is 71.3 Å². The summed E-state index contributed by atoms with van der Waals surface area (Å²) in [7, 11) is 1.98. The molecule has 176 valence electrons. The Labute approximate surface area is 211 Å². The molecule has 0 amide bonds. The Hall–Kier alpha value is -3.46. The summed E-state index contributed by atoms with van der Waals surface area (Å²) in [6.45, 7) is -0.402. The number of furan rings is 1. The molecule has 0 saturated heterocycles. The third-order valence-corrected chi connectivity index (χ3v) is 7.42. The van der Waals surface area contributed by atoms with Crippen LogP contribution in [0.2, 0.25) is 0 Å². The standard InChI is InChI=1S/C32H31FNO/c1-20-12-14-25-26-16-17-27(33)30(23-13-15-24(21(2)19-23)22-9-5-4-6-10-22)32(26)35-31(25)29(20)28-11-7-8-18-34(28)3/h7-8,11-19,22H,4-6,9-10H2,1-3H3/q+1/i2D3,22D. The summed E-state index contributed by atoms with van der Waals surface area (Å²) in [4.78, 5) is 0. The van der Waals surface area contributed by atoms with Crippen LogP contribution in [-0.2, 0) is 7.05 Å². The topological polar surface area (TPSA) is 17.0 Å². The minimum atomic E-state index is -2.43. The molecule has 5 aromatic rings. The van der Waals surface area contributed by atoms with E-state index in [9.17, 15) is 0 Å². The highest BCUT2D eigenvalue weighted by molar-refractivity contribution is 6.13. The fourth-order valence-electron chi connectivity index (χ4n) is 5.60. The molecule has 0 N–H and O–H groups in total. The summed E-state index contributed by atoms with van der Waals surface area (Å²) < 4.78 is 58.1. The molecule has 1 fully saturated rings. The molecular formula is C32H31FNO+. The van der Waals surface area contributed by atoms with Crippen molar-refractivity contribution >= 4 is 21.9 Å². The lowest BCUT2D eigenvalue weighted by Crippen LogP contribution is -2.30. The predicted molar refractivity (Wildman–Crippen MR) is 141 cm³/mol. The van der Waals surface area contributed by atoms with Gasteiger partial charge in [0, 0.05) is 28.4 Å². The zero-order valence-corrected chi connectivity index (χ0v) is 20.1. The van der Waals surface area contributed by atoms with Crippen molar-refractivity contribution in [2.75, 3.05) is 0 Å². The van der Waals surface area contributed by atoms with Crippen LogP contribution in [0.25, 0.3) is 44.3 Å². The highest BCUT2D eigenvalue weighted by atomic mass is 19.1. The average molecular weight is 469 g/mol. The molecule has 1 saturated carbocycles. The third-order valence-electron chi connectivity index (χ3n) is 7.42. The number of fused-ring (bicyclic) bond motifs is 3. The number of hydrogen-bond acceptors (Lipinski definition) is 1. The second-order valence-corrected chi connectivity index (χ2v) is 9.66. The van der Waals surface area contributed by atoms with Crippen molar-refractivity contribution in [1.29, 1.82) is 0 Å². The van der Waals surface area contributed by atoms with Gasteiger partial charge in [-0.2, -0.15) is 0 Å². The Bertz CT molecular complexity index is 1730. The molecule has 0 radical (unpaired) electrons. The normalized spacial score (nSPS) is 17.7. The van der Waals surface area contributed by atoms with Crippen LogP contribution in [0.1, 0.15) is 60.2 Å². The van der Waals surface area contributed by atoms with Gasteiger partial charge in [-0.1, -0.05) is 49.6 Å². The number of aryl methyl sites for hydroxylation is 3. The molecule has 2 nitrogen and oxygen atoms in total. The Morgan fingerprint density at radius 3 is 2.46 bits per heavy atom. The molecule has 35 heavy (non-hydrogen) atoms. The van der Waals surface area contributed by atoms with E-state index in [1.54, 1.807) is 24.3 Å². The summed E-state index contributed by atoms with van der Waals surface area (Å²) in [5, 5.41) is 1.64. The van der Waals surface area contributed by atoms with Crippen molar-refractivity contribution in [3.63, 3.8) is 0 Å². The van der Waals surface area contributed by atoms with E-state index in [2.05, 4.69) is 0 Å². The maximum atomic E-state index is 15.6. The molecule has 0 bridgehead atoms. The van der Waals surface area contributed by atoms with E-state index in [4.69, 9.17) is 9.90 Å². The van der Waals surface area contributed by atoms with Crippen LogP contribution in [0.5, 0.6) is 0 Å². The summed E-state index contributed by atoms with van der Waals surface area (Å²) in [5.74, 6) is -1.42. The number of hydrogen-bond donors (Lipinski definition) is 0. The van der Waals surface area contributed by atoms with Crippen molar-refractivity contribution < 1.29 is 18.9 Å². The molecule has 2 aromatic heterocycles. The van der Waals surface area contributed by atoms with Crippen molar-refractivity contribution in [2.24, 2.45) is 7.05 Å². The van der Waals surface area contributed by atoms with Crippen LogP contribution in [0.3, 0.4) is 0 Å². The molecule has 2 heterocycles. The van der Waals surface area contributed by atoms with Gasteiger partial charge in [0.2, 0.25) is 5.69 Å². The lowest BCUT2D eigenvalue weighted by molar-refractivity contribution is -0.660. The van der Waals surface area contributed by atoms with Crippen LogP contribution in [0.4, 0.5) is 4.39 Å². The van der Waals surface area contributed by atoms with Gasteiger partial charge in [-0.25, -0.2) is 8.96 Å². The van der Waals surface area contributed by atoms with E-state index < -0.39 is 18.6 Å². The van der Waals surface area contributed by atoms with Gasteiger partial charge in [0.1, 0.15) is 24.0 Å². The largest absolute Gasteiger partial charge is 0.454 e. The minimum absolute atomic E-state index is 0.122. The van der Waals surface area contributed by atoms with Crippen molar-refractivity contribution in [3.05, 3.63) is 89.4 Å². The second-order valence-electron chi connectivity index (χ2n) is 9.66. The van der Waals surface area contributed by atoms with Crippen molar-refractivity contribution in [2.45, 2.75) is 51.8 Å². The summed E-state index contributed by atoms with van der Waals surface area (Å²) >= 11 is 0. The Morgan fingerprint density at radius 2 is 1.69 bits per heavy atom. The highest BCUT2D eigenvalue weighted by Crippen LogP contribution is 2.42. The molecule has 0 aliphatic heterocycles. The van der Waals surface area contributed by atoms with Gasteiger partial charge in [0.05, 0.1) is 11.1 Å². The molecule has 0 unspecified atom stereocenters. The smallest absolute Gasteiger partial charge is 0.216 e. The molecule has 1 aliphatic carbocycles. The first-order valence-electron chi connectivity index (χ1n) is 14.3. The number of aromatic nitrogens is 1. The zero-order chi connectivity index (χ0) is 27.5. The highest BCUT2D eigenvalue weighted by Gasteiger charge is 2.24. The Morgan fingerprint density at radius 1 is 0.914 bits per heavy atom. The van der Waals surface area contributed by atoms with E-state index in [0.717, 1.165) is 46.9 Å². The monoisotopic (exact) mass is 468 g/mol. The van der Waals surface area contributed by atoms with Gasteiger partial charge >= 0.3 is 0 Å². The summed E-state index contributed by atoms with van der Waals surface area (Å²) in [6, 6.07) is 18.2. The number of rotatable bonds is 3. The number of nitrogens with zero attached hydrogens (tertiary/aromatic N) is 1. The van der Waals surface area contributed by atoms with Gasteiger partial charge in [0.25, 0.3) is 0 Å². The van der Waals surface area contributed by atoms with E-state index in [1.165, 1.54) is 6.07 Å². The minimum Gasteiger partial charge on any atom is -0.454 e. The van der Waals surface area contributed by atoms with Crippen LogP contribution in [0, 0.1) is 19.6 Å². The second kappa shape index (κ2) is 8.64. The van der Waals surface area contributed by atoms with E-state index in [-0.39, 0.29) is 11.1 Å². The molecular weight excluding hydrogens is 433 g/mol. The van der Waals surface area contributed by atoms with E-state index in [1.807, 2.05) is 55.1 Å². The lowest BCUT2D eigenvalue weighted by Gasteiger charge is -2.24. The molecule has 0 spiro atoms. The summed E-state index contributed by atoms with van der Waals surface area (Å²) in [5.41, 5.74) is 5.33. The SMILES string of the molecule is [2H]C([2H])([2H])c1cc(-c2c(F)ccc3c2oc2c(-c4cccc[n+]4C)c(C)ccc23)ccc1C1([2H])CCCCC1. The van der Waals surface area contributed by atoms with Crippen LogP contribution >= 0.6 is 0 Å². The number of benzene rings is 3. The van der Waals surface area contributed by atoms with Gasteiger partial charge in [0.15, 0.2) is 6.20 Å². The van der Waals surface area contributed by atoms with Gasteiger partial charge in [-0.15, -0.1) is 0 Å². The average Bonchev–Trinajstić information content (AvgIpc) is 3.27. The molecule has 6 rings (SSSR count). The quantitative estimate of drug-likeness (QED) is 0.242. The number of halogens is 1. The van der Waals surface area contributed by atoms with Crippen LogP contribution < -0.4 is 4.57 Å². The fraction of sp³-hybridized carbons (Fsp3) is 0.281. The zero-order valence-electron chi connectivity index (χ0n) is 24.1. The Balaban J connectivity index is 1.61. The van der Waals surface area contributed by atoms with E-state index >= 15 is 4.39 Å². The first kappa shape index (κ1) is 17.9. The van der Waals surface area contributed by atoms with Crippen molar-refractivity contribution in [1.82, 2.24) is 0 Å². The maximum Gasteiger partial charge on any atom is 0.216 e. The third kappa shape index (κ3) is 3.65. The maximum absolute atomic E-state index is 15.6. The van der Waals surface area contributed by atoms with Crippen LogP contribution in [-0.4, -0.2) is 0 Å². The van der Waals surface area contributed by atoms with Crippen molar-refractivity contribution in [3.8, 4) is 22.4 Å². The Kier molecular flexibility index (Phi) is 4.42. The lowest BCUT2D eigenvalue weighted by atomic mass is 9.81. The number of pyridine rings is 1. The van der Waals surface area contributed by atoms with Gasteiger partial charge < -0.3 is 4.42 Å². The molecule has 1 aliphatic rings. The fourth-order valence-corrected chi connectivity index (χ4v) is 5.60. The first-order chi connectivity index (χ1) is 18.6. The first-order valence-corrected chi connectivity index (χ1v) is 12.3. The summed E-state index contributed by atoms with van der Waals surface area (Å²) in [6.07, 6.45) is 6.09. The van der Waals surface area contributed by atoms with Gasteiger partial charge in [-0.3, -0.25) is 0 Å². The predicted octanol–water partition coefficient (Wildman–Crippen LogP) is 8.55.